The maximum atomic E-state index is 7.34. The van der Waals surface area contributed by atoms with E-state index in [0.717, 1.165) is 0 Å². The molecule has 0 aromatic heterocycles. The van der Waals surface area contributed by atoms with E-state index in [9.17, 15) is 0 Å². The van der Waals surface area contributed by atoms with E-state index in [1.54, 1.807) is 6.07 Å². The van der Waals surface area contributed by atoms with Gasteiger partial charge in [-0.3, -0.25) is 5.41 Å². The van der Waals surface area contributed by atoms with Gasteiger partial charge in [-0.05, 0) is 12.2 Å². The number of rotatable bonds is 1. The second-order valence-corrected chi connectivity index (χ2v) is 3.36. The van der Waals surface area contributed by atoms with Crippen LogP contribution in [0.25, 0.3) is 17.5 Å². The van der Waals surface area contributed by atoms with Crippen LogP contribution < -0.4 is 10.5 Å². The first kappa shape index (κ1) is 8.90. The normalized spacial score (nSPS) is 13.5. The summed E-state index contributed by atoms with van der Waals surface area (Å²) in [5.74, 6) is 1.48. The van der Waals surface area contributed by atoms with Crippen molar-refractivity contribution in [2.75, 3.05) is 6.61 Å². The third-order valence-corrected chi connectivity index (χ3v) is 2.29. The van der Waals surface area contributed by atoms with Crippen LogP contribution in [0.2, 0.25) is 0 Å². The van der Waals surface area contributed by atoms with Crippen LogP contribution in [0.15, 0.2) is 16.6 Å². The van der Waals surface area contributed by atoms with Crippen LogP contribution in [-0.2, 0) is 0 Å². The molecule has 3 aliphatic heterocycles. The van der Waals surface area contributed by atoms with Crippen molar-refractivity contribution < 1.29 is 9.15 Å². The SMILES string of the molecule is N=C(N)c1nnc2cc3c(oc1-2)C=CCO3. The van der Waals surface area contributed by atoms with Crippen molar-refractivity contribution >= 4 is 11.9 Å². The second-order valence-electron chi connectivity index (χ2n) is 3.36. The minimum absolute atomic E-state index is 0.160. The molecule has 3 heterocycles. The van der Waals surface area contributed by atoms with E-state index in [1.165, 1.54) is 0 Å². The Hall–Kier alpha value is -2.37. The van der Waals surface area contributed by atoms with Crippen LogP contribution in [-0.4, -0.2) is 22.6 Å². The molecule has 3 aliphatic rings. The first-order valence-corrected chi connectivity index (χ1v) is 4.69. The summed E-state index contributed by atoms with van der Waals surface area (Å²) in [6, 6.07) is 1.73. The number of nitrogens with two attached hydrogens (primary N) is 1. The molecule has 0 saturated carbocycles. The predicted octanol–water partition coefficient (Wildman–Crippen LogP) is 0.864. The van der Waals surface area contributed by atoms with Crippen molar-refractivity contribution in [3.8, 4) is 17.2 Å². The topological polar surface area (TPSA) is 98.0 Å². The molecule has 0 unspecified atom stereocenters. The standard InChI is InChI=1S/C10H8N4O2/c11-10(12)8-9-5(13-14-8)4-7-6(16-9)2-1-3-15-7/h1-2,4H,3H2,(H3,11,12). The Balaban J connectivity index is 2.26. The van der Waals surface area contributed by atoms with Gasteiger partial charge in [-0.25, -0.2) is 0 Å². The molecule has 3 N–H and O–H groups in total. The monoisotopic (exact) mass is 216 g/mol. The molecule has 0 radical (unpaired) electrons. The van der Waals surface area contributed by atoms with Gasteiger partial charge < -0.3 is 14.9 Å². The van der Waals surface area contributed by atoms with E-state index in [1.807, 2.05) is 12.2 Å². The van der Waals surface area contributed by atoms with E-state index in [0.29, 0.717) is 29.6 Å². The largest absolute Gasteiger partial charge is 0.486 e. The second kappa shape index (κ2) is 3.06. The van der Waals surface area contributed by atoms with Crippen LogP contribution in [0.5, 0.6) is 5.75 Å². The molecule has 0 atom stereocenters. The fraction of sp³-hybridized carbons (Fsp3) is 0.100. The van der Waals surface area contributed by atoms with Crippen LogP contribution in [0, 0.1) is 5.41 Å². The van der Waals surface area contributed by atoms with Gasteiger partial charge in [0.05, 0.1) is 0 Å². The highest BCUT2D eigenvalue weighted by Crippen LogP contribution is 2.33. The first-order valence-electron chi connectivity index (χ1n) is 4.69. The summed E-state index contributed by atoms with van der Waals surface area (Å²) in [5.41, 5.74) is 6.17. The van der Waals surface area contributed by atoms with E-state index in [2.05, 4.69) is 10.2 Å². The Bertz CT molecular complexity index is 573. The van der Waals surface area contributed by atoms with Gasteiger partial charge in [-0.1, -0.05) is 0 Å². The number of nitrogens with zero attached hydrogens (tertiary/aromatic N) is 2. The molecule has 16 heavy (non-hydrogen) atoms. The van der Waals surface area contributed by atoms with Crippen molar-refractivity contribution in [1.29, 1.82) is 5.41 Å². The fourth-order valence-corrected chi connectivity index (χ4v) is 1.56. The molecule has 0 fully saturated rings. The molecule has 0 saturated heterocycles. The minimum atomic E-state index is -0.160. The molecule has 0 bridgehead atoms. The number of ether oxygens (including phenoxy) is 1. The molecule has 6 heteroatoms. The zero-order valence-electron chi connectivity index (χ0n) is 8.23. The van der Waals surface area contributed by atoms with Gasteiger partial charge in [-0.2, -0.15) is 0 Å². The lowest BCUT2D eigenvalue weighted by atomic mass is 10.2. The van der Waals surface area contributed by atoms with Gasteiger partial charge in [-0.15, -0.1) is 10.2 Å². The summed E-state index contributed by atoms with van der Waals surface area (Å²) in [7, 11) is 0. The average molecular weight is 216 g/mol. The van der Waals surface area contributed by atoms with Crippen LogP contribution in [0.4, 0.5) is 0 Å². The Morgan fingerprint density at radius 2 is 2.31 bits per heavy atom. The summed E-state index contributed by atoms with van der Waals surface area (Å²) in [6.07, 6.45) is 3.66. The quantitative estimate of drug-likeness (QED) is 0.544. The van der Waals surface area contributed by atoms with Gasteiger partial charge >= 0.3 is 0 Å². The molecule has 0 spiro atoms. The highest BCUT2D eigenvalue weighted by atomic mass is 16.5. The van der Waals surface area contributed by atoms with Crippen LogP contribution in [0.3, 0.4) is 0 Å². The van der Waals surface area contributed by atoms with E-state index in [4.69, 9.17) is 20.3 Å². The van der Waals surface area contributed by atoms with Crippen molar-refractivity contribution in [2.24, 2.45) is 5.73 Å². The fourth-order valence-electron chi connectivity index (χ4n) is 1.56. The highest BCUT2D eigenvalue weighted by molar-refractivity contribution is 5.98. The average Bonchev–Trinajstić information content (AvgIpc) is 2.68. The molecule has 6 nitrogen and oxygen atoms in total. The Morgan fingerprint density at radius 1 is 1.44 bits per heavy atom. The summed E-state index contributed by atoms with van der Waals surface area (Å²) in [5, 5.41) is 15.0. The third-order valence-electron chi connectivity index (χ3n) is 2.29. The van der Waals surface area contributed by atoms with Crippen molar-refractivity contribution in [1.82, 2.24) is 10.2 Å². The summed E-state index contributed by atoms with van der Waals surface area (Å²) < 4.78 is 10.9. The Morgan fingerprint density at radius 3 is 3.12 bits per heavy atom. The molecular formula is C10H8N4O2. The summed E-state index contributed by atoms with van der Waals surface area (Å²) in [4.78, 5) is 0. The first-order chi connectivity index (χ1) is 7.75. The third kappa shape index (κ3) is 1.16. The Labute approximate surface area is 90.6 Å². The number of aromatic nitrogens is 2. The number of amidine groups is 1. The Kier molecular flexibility index (Phi) is 1.70. The lowest BCUT2D eigenvalue weighted by Crippen LogP contribution is -2.12. The molecule has 3 rings (SSSR count). The van der Waals surface area contributed by atoms with E-state index >= 15 is 0 Å². The van der Waals surface area contributed by atoms with Gasteiger partial charge in [0.25, 0.3) is 0 Å². The zero-order valence-corrected chi connectivity index (χ0v) is 8.23. The predicted molar refractivity (Wildman–Crippen MR) is 56.5 cm³/mol. The number of fused-ring (bicyclic) bond motifs is 2. The molecule has 0 aliphatic carbocycles. The van der Waals surface area contributed by atoms with Crippen molar-refractivity contribution in [3.63, 3.8) is 0 Å². The number of nitrogen functional groups attached to an aromatic ring is 1. The minimum Gasteiger partial charge on any atom is -0.486 e. The summed E-state index contributed by atoms with van der Waals surface area (Å²) in [6.45, 7) is 0.516. The van der Waals surface area contributed by atoms with Crippen molar-refractivity contribution in [2.45, 2.75) is 0 Å². The van der Waals surface area contributed by atoms with Crippen molar-refractivity contribution in [3.05, 3.63) is 23.6 Å². The summed E-state index contributed by atoms with van der Waals surface area (Å²) >= 11 is 0. The maximum Gasteiger partial charge on any atom is 0.186 e. The number of hydrogen-bond acceptors (Lipinski definition) is 5. The molecule has 0 aromatic rings. The smallest absolute Gasteiger partial charge is 0.186 e. The van der Waals surface area contributed by atoms with Gasteiger partial charge in [0.2, 0.25) is 0 Å². The number of hydrogen-bond donors (Lipinski definition) is 2. The maximum absolute atomic E-state index is 7.34. The van der Waals surface area contributed by atoms with Gasteiger partial charge in [0.1, 0.15) is 18.1 Å². The molecule has 0 aromatic carbocycles. The van der Waals surface area contributed by atoms with Gasteiger partial charge in [0.15, 0.2) is 23.0 Å². The highest BCUT2D eigenvalue weighted by Gasteiger charge is 2.22. The van der Waals surface area contributed by atoms with Crippen LogP contribution >= 0.6 is 0 Å². The van der Waals surface area contributed by atoms with E-state index in [-0.39, 0.29) is 11.5 Å². The number of nitrogens with one attached hydrogen (secondary N) is 1. The van der Waals surface area contributed by atoms with Gasteiger partial charge in [0, 0.05) is 6.07 Å². The molecule has 0 amide bonds. The molecule has 80 valence electrons. The lowest BCUT2D eigenvalue weighted by molar-refractivity contribution is 0.339. The molecular weight excluding hydrogens is 208 g/mol. The zero-order chi connectivity index (χ0) is 11.1. The van der Waals surface area contributed by atoms with E-state index < -0.39 is 0 Å². The lowest BCUT2D eigenvalue weighted by Gasteiger charge is -2.12. The van der Waals surface area contributed by atoms with Crippen LogP contribution in [0.1, 0.15) is 11.5 Å².